The van der Waals surface area contributed by atoms with Crippen LogP contribution in [-0.2, 0) is 9.59 Å². The molecule has 1 unspecified atom stereocenters. The van der Waals surface area contributed by atoms with Gasteiger partial charge in [-0.1, -0.05) is 36.3 Å². The molecule has 0 bridgehead atoms. The van der Waals surface area contributed by atoms with Crippen LogP contribution in [0.25, 0.3) is 0 Å². The van der Waals surface area contributed by atoms with Gasteiger partial charge in [-0.25, -0.2) is 0 Å². The van der Waals surface area contributed by atoms with E-state index in [-0.39, 0.29) is 19.0 Å². The maximum atomic E-state index is 11.4. The van der Waals surface area contributed by atoms with Crippen molar-refractivity contribution in [1.29, 1.82) is 0 Å². The first-order chi connectivity index (χ1) is 9.15. The Kier molecular flexibility index (Phi) is 6.13. The van der Waals surface area contributed by atoms with Crippen LogP contribution in [0.5, 0.6) is 0 Å². The number of benzene rings is 1. The fourth-order valence-corrected chi connectivity index (χ4v) is 1.56. The van der Waals surface area contributed by atoms with Crippen molar-refractivity contribution >= 4 is 11.9 Å². The molecule has 1 aromatic carbocycles. The molecule has 0 heterocycles. The quantitative estimate of drug-likeness (QED) is 0.483. The Bertz CT molecular complexity index is 465. The summed E-state index contributed by atoms with van der Waals surface area (Å²) in [6, 6.07) is 8.79. The van der Waals surface area contributed by atoms with Crippen molar-refractivity contribution in [3.05, 3.63) is 35.9 Å². The number of carboxylic acid groups (broad SMARTS) is 1. The van der Waals surface area contributed by atoms with Crippen molar-refractivity contribution in [2.45, 2.75) is 5.92 Å². The molecule has 0 spiro atoms. The molecule has 19 heavy (non-hydrogen) atoms. The molecule has 0 fully saturated rings. The van der Waals surface area contributed by atoms with Crippen LogP contribution >= 0.6 is 0 Å². The normalized spacial score (nSPS) is 11.3. The highest BCUT2D eigenvalue weighted by Gasteiger charge is 2.19. The molecule has 0 saturated heterocycles. The lowest BCUT2D eigenvalue weighted by molar-refractivity contribution is -0.138. The van der Waals surface area contributed by atoms with Gasteiger partial charge in [-0.3, -0.25) is 14.9 Å². The van der Waals surface area contributed by atoms with Crippen LogP contribution in [0.3, 0.4) is 0 Å². The summed E-state index contributed by atoms with van der Waals surface area (Å²) < 4.78 is 0. The Morgan fingerprint density at radius 2 is 2.00 bits per heavy atom. The number of hydrogen-bond acceptors (Lipinski definition) is 3. The molecule has 0 radical (unpaired) electrons. The number of rotatable bonds is 7. The van der Waals surface area contributed by atoms with Crippen molar-refractivity contribution in [3.63, 3.8) is 0 Å². The molecule has 0 aromatic heterocycles. The average Bonchev–Trinajstić information content (AvgIpc) is 2.40. The summed E-state index contributed by atoms with van der Waals surface area (Å²) in [4.78, 5) is 22.6. The molecule has 0 aliphatic rings. The van der Waals surface area contributed by atoms with Gasteiger partial charge < -0.3 is 10.4 Å². The number of carbonyl (C=O) groups is 2. The van der Waals surface area contributed by atoms with Crippen molar-refractivity contribution in [1.82, 2.24) is 10.6 Å². The molecule has 1 aromatic rings. The van der Waals surface area contributed by atoms with E-state index in [2.05, 4.69) is 16.6 Å². The molecule has 5 nitrogen and oxygen atoms in total. The molecular formula is C14H16N2O3. The van der Waals surface area contributed by atoms with Gasteiger partial charge in [0.1, 0.15) is 0 Å². The van der Waals surface area contributed by atoms with Crippen LogP contribution in [0.4, 0.5) is 0 Å². The van der Waals surface area contributed by atoms with Gasteiger partial charge in [-0.05, 0) is 5.56 Å². The van der Waals surface area contributed by atoms with E-state index in [4.69, 9.17) is 11.5 Å². The highest BCUT2D eigenvalue weighted by molar-refractivity contribution is 5.80. The highest BCUT2D eigenvalue weighted by atomic mass is 16.4. The number of nitrogens with one attached hydrogen (secondary N) is 2. The lowest BCUT2D eigenvalue weighted by Crippen LogP contribution is -2.37. The molecule has 1 rings (SSSR count). The predicted octanol–water partition coefficient (Wildman–Crippen LogP) is 0.194. The summed E-state index contributed by atoms with van der Waals surface area (Å²) in [6.07, 6.45) is 5.03. The second-order valence-electron chi connectivity index (χ2n) is 3.91. The first-order valence-corrected chi connectivity index (χ1v) is 5.83. The minimum absolute atomic E-state index is 0.0515. The van der Waals surface area contributed by atoms with Crippen molar-refractivity contribution in [2.75, 3.05) is 19.6 Å². The van der Waals surface area contributed by atoms with Crippen LogP contribution in [0, 0.1) is 12.3 Å². The first-order valence-electron chi connectivity index (χ1n) is 5.83. The van der Waals surface area contributed by atoms with Crippen LogP contribution < -0.4 is 10.6 Å². The van der Waals surface area contributed by atoms with E-state index in [1.807, 2.05) is 6.07 Å². The van der Waals surface area contributed by atoms with Crippen LogP contribution in [0.15, 0.2) is 30.3 Å². The van der Waals surface area contributed by atoms with E-state index in [1.54, 1.807) is 24.3 Å². The molecular weight excluding hydrogens is 244 g/mol. The highest BCUT2D eigenvalue weighted by Crippen LogP contribution is 2.14. The van der Waals surface area contributed by atoms with E-state index < -0.39 is 11.9 Å². The van der Waals surface area contributed by atoms with Gasteiger partial charge in [-0.15, -0.1) is 6.42 Å². The summed E-state index contributed by atoms with van der Waals surface area (Å²) >= 11 is 0. The molecule has 1 amide bonds. The Labute approximate surface area is 112 Å². The topological polar surface area (TPSA) is 78.4 Å². The smallest absolute Gasteiger partial charge is 0.312 e. The maximum Gasteiger partial charge on any atom is 0.312 e. The molecule has 1 atom stereocenters. The summed E-state index contributed by atoms with van der Waals surface area (Å²) in [5, 5.41) is 14.5. The lowest BCUT2D eigenvalue weighted by atomic mass is 9.99. The van der Waals surface area contributed by atoms with Gasteiger partial charge in [0.05, 0.1) is 19.0 Å². The molecule has 5 heteroatoms. The SMILES string of the molecule is C#CCNCC(=O)NCC(C(=O)O)c1ccccc1. The summed E-state index contributed by atoms with van der Waals surface area (Å²) in [6.45, 7) is 0.426. The van der Waals surface area contributed by atoms with Gasteiger partial charge >= 0.3 is 5.97 Å². The van der Waals surface area contributed by atoms with E-state index in [9.17, 15) is 9.59 Å². The first kappa shape index (κ1) is 14.7. The number of carbonyl (C=O) groups excluding carboxylic acids is 1. The minimum atomic E-state index is -0.969. The largest absolute Gasteiger partial charge is 0.481 e. The molecule has 0 aliphatic carbocycles. The van der Waals surface area contributed by atoms with E-state index in [0.29, 0.717) is 12.1 Å². The van der Waals surface area contributed by atoms with Crippen molar-refractivity contribution in [2.24, 2.45) is 0 Å². The Balaban J connectivity index is 2.50. The van der Waals surface area contributed by atoms with E-state index >= 15 is 0 Å². The standard InChI is InChI=1S/C14H16N2O3/c1-2-8-15-10-13(17)16-9-12(14(18)19)11-6-4-3-5-7-11/h1,3-7,12,15H,8-10H2,(H,16,17)(H,18,19). The van der Waals surface area contributed by atoms with E-state index in [0.717, 1.165) is 0 Å². The Morgan fingerprint density at radius 3 is 2.58 bits per heavy atom. The molecule has 100 valence electrons. The zero-order valence-electron chi connectivity index (χ0n) is 10.4. The number of terminal acetylenes is 1. The number of carboxylic acids is 1. The van der Waals surface area contributed by atoms with Crippen LogP contribution in [0.2, 0.25) is 0 Å². The van der Waals surface area contributed by atoms with Gasteiger partial charge in [0, 0.05) is 6.54 Å². The number of amides is 1. The Hall–Kier alpha value is -2.32. The monoisotopic (exact) mass is 260 g/mol. The third-order valence-electron chi connectivity index (χ3n) is 2.52. The average molecular weight is 260 g/mol. The summed E-state index contributed by atoms with van der Waals surface area (Å²) in [5.74, 6) is 0.345. The fourth-order valence-electron chi connectivity index (χ4n) is 1.56. The number of hydrogen-bond donors (Lipinski definition) is 3. The third kappa shape index (κ3) is 5.23. The van der Waals surface area contributed by atoms with Crippen molar-refractivity contribution < 1.29 is 14.7 Å². The second-order valence-corrected chi connectivity index (χ2v) is 3.91. The summed E-state index contributed by atoms with van der Waals surface area (Å²) in [5.41, 5.74) is 0.659. The van der Waals surface area contributed by atoms with Gasteiger partial charge in [0.2, 0.25) is 5.91 Å². The zero-order chi connectivity index (χ0) is 14.1. The fraction of sp³-hybridized carbons (Fsp3) is 0.286. The lowest BCUT2D eigenvalue weighted by Gasteiger charge is -2.13. The van der Waals surface area contributed by atoms with E-state index in [1.165, 1.54) is 0 Å². The predicted molar refractivity (Wildman–Crippen MR) is 71.5 cm³/mol. The number of aliphatic carboxylic acids is 1. The van der Waals surface area contributed by atoms with Crippen LogP contribution in [-0.4, -0.2) is 36.6 Å². The van der Waals surface area contributed by atoms with Gasteiger partial charge in [0.15, 0.2) is 0 Å². The van der Waals surface area contributed by atoms with Gasteiger partial charge in [0.25, 0.3) is 0 Å². The van der Waals surface area contributed by atoms with Crippen molar-refractivity contribution in [3.8, 4) is 12.3 Å². The third-order valence-corrected chi connectivity index (χ3v) is 2.52. The summed E-state index contributed by atoms with van der Waals surface area (Å²) in [7, 11) is 0. The maximum absolute atomic E-state index is 11.4. The van der Waals surface area contributed by atoms with Gasteiger partial charge in [-0.2, -0.15) is 0 Å². The zero-order valence-corrected chi connectivity index (χ0v) is 10.4. The molecule has 0 aliphatic heterocycles. The van der Waals surface area contributed by atoms with Crippen LogP contribution in [0.1, 0.15) is 11.5 Å². The Morgan fingerprint density at radius 1 is 1.32 bits per heavy atom. The second kappa shape index (κ2) is 7.90. The molecule has 3 N–H and O–H groups in total. The molecule has 0 saturated carbocycles. The minimum Gasteiger partial charge on any atom is -0.481 e.